The summed E-state index contributed by atoms with van der Waals surface area (Å²) in [5.41, 5.74) is 7.03. The lowest BCUT2D eigenvalue weighted by Crippen LogP contribution is -2.48. The maximum Gasteiger partial charge on any atom is 0.236 e. The Morgan fingerprint density at radius 3 is 2.50 bits per heavy atom. The van der Waals surface area contributed by atoms with Gasteiger partial charge in [-0.25, -0.2) is 0 Å². The van der Waals surface area contributed by atoms with Gasteiger partial charge < -0.3 is 20.5 Å². The van der Waals surface area contributed by atoms with E-state index in [1.807, 2.05) is 19.1 Å². The van der Waals surface area contributed by atoms with Crippen LogP contribution < -0.4 is 15.8 Å². The zero-order valence-electron chi connectivity index (χ0n) is 14.5. The third-order valence-corrected chi connectivity index (χ3v) is 4.69. The van der Waals surface area contributed by atoms with E-state index >= 15 is 0 Å². The Labute approximate surface area is 150 Å². The molecule has 136 valence electrons. The predicted molar refractivity (Wildman–Crippen MR) is 97.9 cm³/mol. The van der Waals surface area contributed by atoms with E-state index in [0.29, 0.717) is 26.2 Å². The molecule has 1 fully saturated rings. The first-order chi connectivity index (χ1) is 11.1. The van der Waals surface area contributed by atoms with Gasteiger partial charge in [-0.2, -0.15) is 0 Å². The maximum absolute atomic E-state index is 12.2. The van der Waals surface area contributed by atoms with Crippen LogP contribution in [-0.4, -0.2) is 38.8 Å². The Hall–Kier alpha value is -1.30. The van der Waals surface area contributed by atoms with Crippen molar-refractivity contribution in [3.8, 4) is 5.75 Å². The Bertz CT molecular complexity index is 501. The molecule has 0 saturated carbocycles. The van der Waals surface area contributed by atoms with Crippen molar-refractivity contribution >= 4 is 18.3 Å². The maximum atomic E-state index is 12.2. The number of amides is 1. The Balaban J connectivity index is 0.00000288. The van der Waals surface area contributed by atoms with Crippen molar-refractivity contribution < 1.29 is 14.3 Å². The highest BCUT2D eigenvalue weighted by molar-refractivity contribution is 5.85. The average molecular weight is 357 g/mol. The number of halogens is 1. The molecular weight excluding hydrogens is 328 g/mol. The zero-order chi connectivity index (χ0) is 16.7. The molecule has 1 aliphatic heterocycles. The van der Waals surface area contributed by atoms with Crippen LogP contribution in [-0.2, 0) is 14.9 Å². The molecule has 0 bridgehead atoms. The van der Waals surface area contributed by atoms with Crippen LogP contribution in [0, 0.1) is 0 Å². The van der Waals surface area contributed by atoms with Crippen molar-refractivity contribution in [1.82, 2.24) is 5.32 Å². The molecule has 1 saturated heterocycles. The monoisotopic (exact) mass is 356 g/mol. The van der Waals surface area contributed by atoms with Crippen LogP contribution in [0.15, 0.2) is 24.3 Å². The second kappa shape index (κ2) is 9.87. The summed E-state index contributed by atoms with van der Waals surface area (Å²) in [6, 6.07) is 7.69. The number of ether oxygens (including phenoxy) is 2. The molecule has 1 heterocycles. The van der Waals surface area contributed by atoms with Crippen molar-refractivity contribution in [2.75, 3.05) is 26.9 Å². The van der Waals surface area contributed by atoms with E-state index in [9.17, 15) is 4.79 Å². The summed E-state index contributed by atoms with van der Waals surface area (Å²) in [4.78, 5) is 12.2. The van der Waals surface area contributed by atoms with E-state index in [0.717, 1.165) is 25.0 Å². The number of benzene rings is 1. The van der Waals surface area contributed by atoms with Gasteiger partial charge in [0.15, 0.2) is 0 Å². The van der Waals surface area contributed by atoms with Gasteiger partial charge in [0.1, 0.15) is 5.75 Å². The molecule has 5 nitrogen and oxygen atoms in total. The fraction of sp³-hybridized carbons (Fsp3) is 0.611. The van der Waals surface area contributed by atoms with Gasteiger partial charge in [0, 0.05) is 25.2 Å². The molecule has 1 aliphatic rings. The fourth-order valence-corrected chi connectivity index (χ4v) is 3.10. The van der Waals surface area contributed by atoms with Crippen molar-refractivity contribution in [2.45, 2.75) is 44.1 Å². The highest BCUT2D eigenvalue weighted by Crippen LogP contribution is 2.35. The lowest BCUT2D eigenvalue weighted by Gasteiger charge is -2.38. The Kier molecular flexibility index (Phi) is 8.53. The molecule has 6 heteroatoms. The Morgan fingerprint density at radius 2 is 1.96 bits per heavy atom. The minimum absolute atomic E-state index is 0. The SMILES string of the molecule is CCCC(N)C(=O)NCC1(c2ccc(OC)cc2)CCOCC1.Cl. The van der Waals surface area contributed by atoms with Crippen LogP contribution in [0.25, 0.3) is 0 Å². The smallest absolute Gasteiger partial charge is 0.236 e. The summed E-state index contributed by atoms with van der Waals surface area (Å²) in [7, 11) is 1.66. The van der Waals surface area contributed by atoms with Gasteiger partial charge in [0.25, 0.3) is 0 Å². The van der Waals surface area contributed by atoms with Gasteiger partial charge in [0.2, 0.25) is 5.91 Å². The molecule has 1 amide bonds. The molecule has 1 aromatic rings. The molecule has 0 spiro atoms. The lowest BCUT2D eigenvalue weighted by atomic mass is 9.74. The van der Waals surface area contributed by atoms with Gasteiger partial charge in [-0.05, 0) is 37.0 Å². The molecule has 0 aliphatic carbocycles. The van der Waals surface area contributed by atoms with E-state index in [1.165, 1.54) is 5.56 Å². The molecule has 1 aromatic carbocycles. The number of nitrogens with two attached hydrogens (primary N) is 1. The number of carbonyl (C=O) groups is 1. The molecule has 1 atom stereocenters. The number of carbonyl (C=O) groups excluding carboxylic acids is 1. The van der Waals surface area contributed by atoms with Crippen molar-refractivity contribution in [3.63, 3.8) is 0 Å². The van der Waals surface area contributed by atoms with Gasteiger partial charge in [-0.15, -0.1) is 12.4 Å². The standard InChI is InChI=1S/C18H28N2O3.ClH/c1-3-4-16(19)17(21)20-13-18(9-11-23-12-10-18)14-5-7-15(22-2)8-6-14;/h5-8,16H,3-4,9-13,19H2,1-2H3,(H,20,21);1H. The van der Waals surface area contributed by atoms with Gasteiger partial charge in [0.05, 0.1) is 13.2 Å². The number of hydrogen-bond donors (Lipinski definition) is 2. The summed E-state index contributed by atoms with van der Waals surface area (Å²) in [5.74, 6) is 0.774. The van der Waals surface area contributed by atoms with E-state index in [2.05, 4.69) is 17.4 Å². The normalized spacial score (nSPS) is 17.5. The molecular formula is C18H29ClN2O3. The molecule has 24 heavy (non-hydrogen) atoms. The Morgan fingerprint density at radius 1 is 1.33 bits per heavy atom. The zero-order valence-corrected chi connectivity index (χ0v) is 15.4. The van der Waals surface area contributed by atoms with Gasteiger partial charge >= 0.3 is 0 Å². The van der Waals surface area contributed by atoms with E-state index in [-0.39, 0.29) is 23.7 Å². The summed E-state index contributed by atoms with van der Waals surface area (Å²) in [5, 5.41) is 3.05. The minimum atomic E-state index is -0.423. The number of rotatable bonds is 7. The number of nitrogens with one attached hydrogen (secondary N) is 1. The summed E-state index contributed by atoms with van der Waals surface area (Å²) in [6.07, 6.45) is 3.40. The van der Waals surface area contributed by atoms with Gasteiger partial charge in [-0.3, -0.25) is 4.79 Å². The molecule has 3 N–H and O–H groups in total. The van der Waals surface area contributed by atoms with Crippen LogP contribution in [0.4, 0.5) is 0 Å². The molecule has 2 rings (SSSR count). The number of hydrogen-bond acceptors (Lipinski definition) is 4. The third-order valence-electron chi connectivity index (χ3n) is 4.69. The first kappa shape index (κ1) is 20.7. The summed E-state index contributed by atoms with van der Waals surface area (Å²) < 4.78 is 10.8. The third kappa shape index (κ3) is 5.10. The van der Waals surface area contributed by atoms with Crippen LogP contribution in [0.3, 0.4) is 0 Å². The minimum Gasteiger partial charge on any atom is -0.497 e. The first-order valence-corrected chi connectivity index (χ1v) is 8.37. The van der Waals surface area contributed by atoms with Crippen molar-refractivity contribution in [1.29, 1.82) is 0 Å². The average Bonchev–Trinajstić information content (AvgIpc) is 2.60. The van der Waals surface area contributed by atoms with Crippen molar-refractivity contribution in [3.05, 3.63) is 29.8 Å². The first-order valence-electron chi connectivity index (χ1n) is 8.37. The van der Waals surface area contributed by atoms with E-state index < -0.39 is 6.04 Å². The second-order valence-corrected chi connectivity index (χ2v) is 6.23. The van der Waals surface area contributed by atoms with Crippen LogP contribution in [0.5, 0.6) is 5.75 Å². The number of methoxy groups -OCH3 is 1. The largest absolute Gasteiger partial charge is 0.497 e. The van der Waals surface area contributed by atoms with Gasteiger partial charge in [-0.1, -0.05) is 25.5 Å². The topological polar surface area (TPSA) is 73.6 Å². The van der Waals surface area contributed by atoms with E-state index in [1.54, 1.807) is 7.11 Å². The molecule has 0 radical (unpaired) electrons. The summed E-state index contributed by atoms with van der Waals surface area (Å²) >= 11 is 0. The van der Waals surface area contributed by atoms with Crippen LogP contribution in [0.1, 0.15) is 38.2 Å². The highest BCUT2D eigenvalue weighted by atomic mass is 35.5. The predicted octanol–water partition coefficient (Wildman–Crippen LogP) is 2.41. The van der Waals surface area contributed by atoms with Crippen LogP contribution >= 0.6 is 12.4 Å². The quantitative estimate of drug-likeness (QED) is 0.786. The fourth-order valence-electron chi connectivity index (χ4n) is 3.10. The van der Waals surface area contributed by atoms with Crippen molar-refractivity contribution in [2.24, 2.45) is 5.73 Å². The highest BCUT2D eigenvalue weighted by Gasteiger charge is 2.35. The second-order valence-electron chi connectivity index (χ2n) is 6.23. The van der Waals surface area contributed by atoms with Crippen LogP contribution in [0.2, 0.25) is 0 Å². The summed E-state index contributed by atoms with van der Waals surface area (Å²) in [6.45, 7) is 4.05. The molecule has 1 unspecified atom stereocenters. The lowest BCUT2D eigenvalue weighted by molar-refractivity contribution is -0.123. The van der Waals surface area contributed by atoms with E-state index in [4.69, 9.17) is 15.2 Å². The molecule has 0 aromatic heterocycles.